The number of nitrogens with zero attached hydrogens (tertiary/aromatic N) is 4. The predicted octanol–water partition coefficient (Wildman–Crippen LogP) is 6.26. The van der Waals surface area contributed by atoms with Gasteiger partial charge >= 0.3 is 5.69 Å². The van der Waals surface area contributed by atoms with Gasteiger partial charge in [0, 0.05) is 48.2 Å². The molecule has 0 saturated carbocycles. The van der Waals surface area contributed by atoms with E-state index < -0.39 is 0 Å². The van der Waals surface area contributed by atoms with E-state index in [2.05, 4.69) is 58.7 Å². The van der Waals surface area contributed by atoms with Crippen molar-refractivity contribution in [2.75, 3.05) is 18.8 Å². The second-order valence-corrected chi connectivity index (χ2v) is 10.1. The molecule has 2 aromatic heterocycles. The number of pyridine rings is 1. The lowest BCUT2D eigenvalue weighted by atomic mass is 9.97. The number of aromatic amines is 1. The zero-order valence-electron chi connectivity index (χ0n) is 23.7. The molecule has 0 spiro atoms. The highest BCUT2D eigenvalue weighted by atomic mass is 16.1. The number of rotatable bonds is 6. The van der Waals surface area contributed by atoms with Crippen LogP contribution in [0.5, 0.6) is 0 Å². The first-order chi connectivity index (χ1) is 19.4. The molecule has 3 N–H and O–H groups in total. The van der Waals surface area contributed by atoms with Crippen molar-refractivity contribution >= 4 is 5.82 Å². The Bertz CT molecular complexity index is 1540. The number of anilines is 1. The molecule has 40 heavy (non-hydrogen) atoms. The molecule has 206 valence electrons. The van der Waals surface area contributed by atoms with Crippen LogP contribution in [-0.2, 0) is 13.0 Å². The molecule has 4 aromatic rings. The molecule has 7 nitrogen and oxygen atoms in total. The van der Waals surface area contributed by atoms with Gasteiger partial charge in [-0.05, 0) is 50.3 Å². The van der Waals surface area contributed by atoms with Crippen molar-refractivity contribution in [2.45, 2.75) is 52.6 Å². The fourth-order valence-electron chi connectivity index (χ4n) is 5.40. The molecule has 1 saturated heterocycles. The lowest BCUT2D eigenvalue weighted by molar-refractivity contribution is 0.177. The molecule has 7 heteroatoms. The second kappa shape index (κ2) is 13.1. The maximum Gasteiger partial charge on any atom is 0.326 e. The van der Waals surface area contributed by atoms with Crippen LogP contribution < -0.4 is 11.4 Å². The summed E-state index contributed by atoms with van der Waals surface area (Å²) in [5, 5.41) is 9.47. The summed E-state index contributed by atoms with van der Waals surface area (Å²) < 4.78 is 1.96. The van der Waals surface area contributed by atoms with Crippen molar-refractivity contribution in [1.82, 2.24) is 19.4 Å². The van der Waals surface area contributed by atoms with Crippen LogP contribution in [0.3, 0.4) is 0 Å². The fraction of sp³-hybridized carbons (Fsp3) is 0.303. The van der Waals surface area contributed by atoms with E-state index in [1.165, 1.54) is 5.56 Å². The Kier molecular flexibility index (Phi) is 9.36. The van der Waals surface area contributed by atoms with Crippen molar-refractivity contribution < 1.29 is 0 Å². The maximum atomic E-state index is 12.5. The van der Waals surface area contributed by atoms with Gasteiger partial charge in [-0.25, -0.2) is 9.78 Å². The second-order valence-electron chi connectivity index (χ2n) is 10.1. The van der Waals surface area contributed by atoms with E-state index >= 15 is 0 Å². The normalized spacial score (nSPS) is 13.8. The number of H-pyrrole nitrogens is 1. The molecule has 1 fully saturated rings. The quantitative estimate of drug-likeness (QED) is 0.284. The Balaban J connectivity index is 0.00000118. The third-order valence-electron chi connectivity index (χ3n) is 7.44. The van der Waals surface area contributed by atoms with Gasteiger partial charge in [0.1, 0.15) is 11.9 Å². The number of piperidine rings is 1. The van der Waals surface area contributed by atoms with Crippen LogP contribution in [0.15, 0.2) is 78.1 Å². The van der Waals surface area contributed by atoms with Gasteiger partial charge in [0.05, 0.1) is 11.3 Å². The summed E-state index contributed by atoms with van der Waals surface area (Å²) in [4.78, 5) is 22.6. The van der Waals surface area contributed by atoms with Crippen molar-refractivity contribution in [3.8, 4) is 28.5 Å². The minimum Gasteiger partial charge on any atom is -0.383 e. The van der Waals surface area contributed by atoms with E-state index in [0.29, 0.717) is 5.56 Å². The number of likely N-dealkylation sites (tertiary alicyclic amines) is 1. The molecule has 0 bridgehead atoms. The third-order valence-corrected chi connectivity index (χ3v) is 7.44. The van der Waals surface area contributed by atoms with Crippen molar-refractivity contribution in [1.29, 1.82) is 5.26 Å². The smallest absolute Gasteiger partial charge is 0.326 e. The van der Waals surface area contributed by atoms with Gasteiger partial charge in [0.2, 0.25) is 0 Å². The highest BCUT2D eigenvalue weighted by Gasteiger charge is 2.24. The molecule has 2 aromatic carbocycles. The fourth-order valence-corrected chi connectivity index (χ4v) is 5.40. The number of hydrogen-bond acceptors (Lipinski definition) is 5. The predicted molar refractivity (Wildman–Crippen MR) is 163 cm³/mol. The minimum absolute atomic E-state index is 0.0234. The van der Waals surface area contributed by atoms with E-state index in [4.69, 9.17) is 5.73 Å². The number of hydrogen-bond donors (Lipinski definition) is 2. The van der Waals surface area contributed by atoms with Gasteiger partial charge in [-0.3, -0.25) is 9.47 Å². The van der Waals surface area contributed by atoms with Crippen LogP contribution in [0, 0.1) is 18.3 Å². The number of nitrogens with two attached hydrogens (primary N) is 1. The molecule has 0 unspecified atom stereocenters. The highest BCUT2D eigenvalue weighted by molar-refractivity contribution is 5.83. The molecule has 0 amide bonds. The number of nitrogens with one attached hydrogen (secondary N) is 1. The average Bonchev–Trinajstić information content (AvgIpc) is 3.27. The number of aryl methyl sites for hydroxylation is 1. The van der Waals surface area contributed by atoms with Crippen LogP contribution in [0.4, 0.5) is 5.82 Å². The standard InChI is InChI=1S/C30H32N6O.C3H6/c1-3-27-20(2)36(30(37)33-27)25-13-15-35(16-14-25)19-21-9-11-23(12-10-21)28-26(22-7-5-4-6-8-22)17-24(18-31)29(32)34-28;1-3-2/h4-12,17,25H,3,13-16,19H2,1-2H3,(H2,32,34)(H,33,37);3H,1H2,2H3. The molecule has 0 radical (unpaired) electrons. The van der Waals surface area contributed by atoms with Gasteiger partial charge in [-0.1, -0.05) is 67.6 Å². The summed E-state index contributed by atoms with van der Waals surface area (Å²) in [5.41, 5.74) is 13.5. The van der Waals surface area contributed by atoms with Gasteiger partial charge in [-0.15, -0.1) is 6.58 Å². The summed E-state index contributed by atoms with van der Waals surface area (Å²) in [6.45, 7) is 12.1. The Morgan fingerprint density at radius 3 is 2.35 bits per heavy atom. The van der Waals surface area contributed by atoms with Gasteiger partial charge in [0.15, 0.2) is 0 Å². The van der Waals surface area contributed by atoms with Crippen LogP contribution in [0.2, 0.25) is 0 Å². The van der Waals surface area contributed by atoms with E-state index in [-0.39, 0.29) is 17.5 Å². The number of nitriles is 1. The average molecular weight is 535 g/mol. The van der Waals surface area contributed by atoms with Gasteiger partial charge in [0.25, 0.3) is 0 Å². The first kappa shape index (κ1) is 28.6. The summed E-state index contributed by atoms with van der Waals surface area (Å²) in [6, 6.07) is 22.6. The summed E-state index contributed by atoms with van der Waals surface area (Å²) in [6.07, 6.45) is 4.53. The maximum absolute atomic E-state index is 12.5. The van der Waals surface area contributed by atoms with E-state index in [0.717, 1.165) is 72.7 Å². The van der Waals surface area contributed by atoms with E-state index in [1.54, 1.807) is 6.08 Å². The van der Waals surface area contributed by atoms with Crippen LogP contribution >= 0.6 is 0 Å². The first-order valence-corrected chi connectivity index (χ1v) is 13.8. The van der Waals surface area contributed by atoms with Crippen LogP contribution in [0.25, 0.3) is 22.4 Å². The summed E-state index contributed by atoms with van der Waals surface area (Å²) in [7, 11) is 0. The van der Waals surface area contributed by atoms with Gasteiger partial charge < -0.3 is 10.7 Å². The summed E-state index contributed by atoms with van der Waals surface area (Å²) in [5.74, 6) is 0.243. The zero-order valence-corrected chi connectivity index (χ0v) is 23.7. The highest BCUT2D eigenvalue weighted by Crippen LogP contribution is 2.33. The van der Waals surface area contributed by atoms with Crippen LogP contribution in [0.1, 0.15) is 55.2 Å². The summed E-state index contributed by atoms with van der Waals surface area (Å²) >= 11 is 0. The molecule has 1 aliphatic heterocycles. The zero-order chi connectivity index (χ0) is 28.6. The minimum atomic E-state index is 0.0234. The number of nitrogen functional groups attached to an aromatic ring is 1. The van der Waals surface area contributed by atoms with Crippen molar-refractivity contribution in [3.63, 3.8) is 0 Å². The largest absolute Gasteiger partial charge is 0.383 e. The first-order valence-electron chi connectivity index (χ1n) is 13.8. The van der Waals surface area contributed by atoms with Crippen molar-refractivity contribution in [2.24, 2.45) is 0 Å². The molecular weight excluding hydrogens is 496 g/mol. The van der Waals surface area contributed by atoms with Crippen molar-refractivity contribution in [3.05, 3.63) is 106 Å². The lowest BCUT2D eigenvalue weighted by Gasteiger charge is -2.32. The molecule has 3 heterocycles. The number of benzene rings is 2. The number of imidazole rings is 1. The number of allylic oxidation sites excluding steroid dienone is 1. The Morgan fingerprint density at radius 1 is 1.12 bits per heavy atom. The van der Waals surface area contributed by atoms with Gasteiger partial charge in [-0.2, -0.15) is 5.26 Å². The molecule has 0 aliphatic carbocycles. The molecule has 1 aliphatic rings. The topological polar surface area (TPSA) is 104 Å². The Hall–Kier alpha value is -4.41. The van der Waals surface area contributed by atoms with E-state index in [9.17, 15) is 10.1 Å². The molecule has 5 rings (SSSR count). The SMILES string of the molecule is C=CC.CCc1[nH]c(=O)n(C2CCN(Cc3ccc(-c4nc(N)c(C#N)cc4-c4ccccc4)cc3)CC2)c1C. The Morgan fingerprint density at radius 2 is 1.77 bits per heavy atom. The van der Waals surface area contributed by atoms with Crippen LogP contribution in [-0.4, -0.2) is 32.5 Å². The monoisotopic (exact) mass is 534 g/mol. The molecule has 0 atom stereocenters. The van der Waals surface area contributed by atoms with E-state index in [1.807, 2.05) is 54.8 Å². The Labute approximate surface area is 236 Å². The third kappa shape index (κ3) is 6.24. The number of aromatic nitrogens is 3. The lowest BCUT2D eigenvalue weighted by Crippen LogP contribution is -2.37. The molecular formula is C33H38N6O.